The first-order valence-electron chi connectivity index (χ1n) is 7.16. The van der Waals surface area contributed by atoms with Crippen LogP contribution >= 0.6 is 11.3 Å². The molecule has 3 nitrogen and oxygen atoms in total. The van der Waals surface area contributed by atoms with E-state index in [9.17, 15) is 0 Å². The zero-order valence-electron chi connectivity index (χ0n) is 11.8. The number of aromatic nitrogens is 1. The topological polar surface area (TPSA) is 28.2 Å². The normalized spacial score (nSPS) is 20.4. The van der Waals surface area contributed by atoms with Crippen molar-refractivity contribution < 1.29 is 0 Å². The van der Waals surface area contributed by atoms with Crippen LogP contribution in [0.15, 0.2) is 0 Å². The molecule has 1 atom stereocenters. The number of nitrogens with zero attached hydrogens (tertiary/aromatic N) is 2. The first kappa shape index (κ1) is 13.8. The van der Waals surface area contributed by atoms with Gasteiger partial charge in [0.15, 0.2) is 5.13 Å². The number of thiazole rings is 1. The summed E-state index contributed by atoms with van der Waals surface area (Å²) in [6.45, 7) is 9.90. The third-order valence-electron chi connectivity index (χ3n) is 3.64. The van der Waals surface area contributed by atoms with Gasteiger partial charge in [-0.25, -0.2) is 4.98 Å². The largest absolute Gasteiger partial charge is 0.345 e. The maximum atomic E-state index is 4.77. The molecule has 0 radical (unpaired) electrons. The Balaban J connectivity index is 2.02. The number of rotatable bonds is 5. The molecule has 0 spiro atoms. The van der Waals surface area contributed by atoms with Crippen LogP contribution in [0.1, 0.15) is 50.1 Å². The van der Waals surface area contributed by atoms with Gasteiger partial charge in [0.1, 0.15) is 0 Å². The van der Waals surface area contributed by atoms with E-state index in [-0.39, 0.29) is 0 Å². The molecule has 0 aromatic carbocycles. The molecule has 18 heavy (non-hydrogen) atoms. The summed E-state index contributed by atoms with van der Waals surface area (Å²) in [4.78, 5) is 8.66. The second-order valence-corrected chi connectivity index (χ2v) is 6.28. The van der Waals surface area contributed by atoms with Gasteiger partial charge < -0.3 is 10.2 Å². The van der Waals surface area contributed by atoms with E-state index in [1.165, 1.54) is 47.9 Å². The van der Waals surface area contributed by atoms with Crippen molar-refractivity contribution in [3.05, 3.63) is 10.6 Å². The monoisotopic (exact) mass is 267 g/mol. The summed E-state index contributed by atoms with van der Waals surface area (Å²) >= 11 is 1.87. The summed E-state index contributed by atoms with van der Waals surface area (Å²) in [6.07, 6.45) is 5.18. The molecule has 1 aromatic rings. The van der Waals surface area contributed by atoms with Gasteiger partial charge in [-0.15, -0.1) is 11.3 Å². The highest BCUT2D eigenvalue weighted by Gasteiger charge is 2.22. The smallest absolute Gasteiger partial charge is 0.186 e. The molecule has 4 heteroatoms. The molecule has 1 saturated heterocycles. The van der Waals surface area contributed by atoms with E-state index in [2.05, 4.69) is 31.0 Å². The number of piperidine rings is 1. The van der Waals surface area contributed by atoms with E-state index in [4.69, 9.17) is 4.98 Å². The molecule has 0 bridgehead atoms. The zero-order chi connectivity index (χ0) is 13.0. The van der Waals surface area contributed by atoms with Crippen LogP contribution in [-0.4, -0.2) is 24.1 Å². The van der Waals surface area contributed by atoms with Crippen molar-refractivity contribution in [2.24, 2.45) is 0 Å². The second-order valence-electron chi connectivity index (χ2n) is 5.22. The molecule has 0 saturated carbocycles. The highest BCUT2D eigenvalue weighted by Crippen LogP contribution is 2.30. The quantitative estimate of drug-likeness (QED) is 0.829. The van der Waals surface area contributed by atoms with E-state index in [0.717, 1.165) is 13.1 Å². The first-order valence-corrected chi connectivity index (χ1v) is 7.97. The lowest BCUT2D eigenvalue weighted by atomic mass is 10.1. The van der Waals surface area contributed by atoms with Gasteiger partial charge in [-0.3, -0.25) is 0 Å². The van der Waals surface area contributed by atoms with E-state index < -0.39 is 0 Å². The summed E-state index contributed by atoms with van der Waals surface area (Å²) in [7, 11) is 0. The average Bonchev–Trinajstić information content (AvgIpc) is 2.72. The van der Waals surface area contributed by atoms with Crippen LogP contribution in [0.2, 0.25) is 0 Å². The third kappa shape index (κ3) is 3.23. The number of aryl methyl sites for hydroxylation is 1. The predicted molar refractivity (Wildman–Crippen MR) is 79.5 cm³/mol. The number of nitrogens with one attached hydrogen (secondary N) is 1. The SMILES string of the molecule is CCCNCc1sc(N2CCCCC2C)nc1C. The molecule has 2 rings (SSSR count). The summed E-state index contributed by atoms with van der Waals surface area (Å²) in [5.41, 5.74) is 1.20. The van der Waals surface area contributed by atoms with Gasteiger partial charge in [-0.2, -0.15) is 0 Å². The van der Waals surface area contributed by atoms with Crippen LogP contribution in [0.5, 0.6) is 0 Å². The van der Waals surface area contributed by atoms with Crippen LogP contribution < -0.4 is 10.2 Å². The fourth-order valence-electron chi connectivity index (χ4n) is 2.46. The third-order valence-corrected chi connectivity index (χ3v) is 4.84. The van der Waals surface area contributed by atoms with Gasteiger partial charge in [0.2, 0.25) is 0 Å². The lowest BCUT2D eigenvalue weighted by Crippen LogP contribution is -2.37. The van der Waals surface area contributed by atoms with Gasteiger partial charge in [0, 0.05) is 24.0 Å². The van der Waals surface area contributed by atoms with E-state index in [1.807, 2.05) is 11.3 Å². The van der Waals surface area contributed by atoms with Crippen molar-refractivity contribution in [2.75, 3.05) is 18.0 Å². The summed E-state index contributed by atoms with van der Waals surface area (Å²) in [5.74, 6) is 0. The van der Waals surface area contributed by atoms with Crippen LogP contribution in [0.4, 0.5) is 5.13 Å². The van der Waals surface area contributed by atoms with Crippen LogP contribution in [0.25, 0.3) is 0 Å². The first-order chi connectivity index (χ1) is 8.72. The Morgan fingerprint density at radius 1 is 1.44 bits per heavy atom. The molecular formula is C14H25N3S. The molecular weight excluding hydrogens is 242 g/mol. The minimum absolute atomic E-state index is 0.653. The molecule has 2 heterocycles. The Morgan fingerprint density at radius 3 is 3.00 bits per heavy atom. The van der Waals surface area contributed by atoms with Crippen molar-refractivity contribution in [3.63, 3.8) is 0 Å². The predicted octanol–water partition coefficient (Wildman–Crippen LogP) is 3.33. The average molecular weight is 267 g/mol. The lowest BCUT2D eigenvalue weighted by molar-refractivity contribution is 0.484. The maximum absolute atomic E-state index is 4.77. The van der Waals surface area contributed by atoms with Crippen LogP contribution in [-0.2, 0) is 6.54 Å². The molecule has 102 valence electrons. The van der Waals surface area contributed by atoms with Gasteiger partial charge in [-0.1, -0.05) is 6.92 Å². The molecule has 0 amide bonds. The number of hydrogen-bond acceptors (Lipinski definition) is 4. The highest BCUT2D eigenvalue weighted by atomic mass is 32.1. The molecule has 0 aliphatic carbocycles. The van der Waals surface area contributed by atoms with E-state index in [1.54, 1.807) is 0 Å². The summed E-state index contributed by atoms with van der Waals surface area (Å²) < 4.78 is 0. The van der Waals surface area contributed by atoms with Gasteiger partial charge >= 0.3 is 0 Å². The van der Waals surface area contributed by atoms with E-state index in [0.29, 0.717) is 6.04 Å². The second kappa shape index (κ2) is 6.53. The molecule has 1 aliphatic rings. The molecule has 1 unspecified atom stereocenters. The fourth-order valence-corrected chi connectivity index (χ4v) is 3.62. The minimum Gasteiger partial charge on any atom is -0.345 e. The van der Waals surface area contributed by atoms with Crippen molar-refractivity contribution in [1.82, 2.24) is 10.3 Å². The van der Waals surface area contributed by atoms with E-state index >= 15 is 0 Å². The van der Waals surface area contributed by atoms with Crippen LogP contribution in [0, 0.1) is 6.92 Å². The Bertz CT molecular complexity index is 375. The van der Waals surface area contributed by atoms with Gasteiger partial charge in [0.25, 0.3) is 0 Å². The Hall–Kier alpha value is -0.610. The highest BCUT2D eigenvalue weighted by molar-refractivity contribution is 7.15. The van der Waals surface area contributed by atoms with Crippen molar-refractivity contribution >= 4 is 16.5 Å². The maximum Gasteiger partial charge on any atom is 0.186 e. The van der Waals surface area contributed by atoms with Crippen molar-refractivity contribution in [3.8, 4) is 0 Å². The van der Waals surface area contributed by atoms with Gasteiger partial charge in [0.05, 0.1) is 5.69 Å². The van der Waals surface area contributed by atoms with Crippen LogP contribution in [0.3, 0.4) is 0 Å². The Kier molecular flexibility index (Phi) is 5.01. The zero-order valence-corrected chi connectivity index (χ0v) is 12.6. The summed E-state index contributed by atoms with van der Waals surface area (Å²) in [5, 5.41) is 4.70. The lowest BCUT2D eigenvalue weighted by Gasteiger charge is -2.33. The number of hydrogen-bond donors (Lipinski definition) is 1. The molecule has 1 N–H and O–H groups in total. The minimum atomic E-state index is 0.653. The number of anilines is 1. The van der Waals surface area contributed by atoms with Gasteiger partial charge in [-0.05, 0) is 46.1 Å². The molecule has 1 aromatic heterocycles. The molecule has 1 aliphatic heterocycles. The standard InChI is InChI=1S/C14H25N3S/c1-4-8-15-10-13-12(3)16-14(18-13)17-9-6-5-7-11(17)2/h11,15H,4-10H2,1-3H3. The fraction of sp³-hybridized carbons (Fsp3) is 0.786. The molecule has 1 fully saturated rings. The Labute approximate surface area is 115 Å². The summed E-state index contributed by atoms with van der Waals surface area (Å²) in [6, 6.07) is 0.653. The van der Waals surface area contributed by atoms with Crippen molar-refractivity contribution in [2.45, 2.75) is 59.0 Å². The van der Waals surface area contributed by atoms with Crippen molar-refractivity contribution in [1.29, 1.82) is 0 Å². The Morgan fingerprint density at radius 2 is 2.28 bits per heavy atom.